The lowest BCUT2D eigenvalue weighted by atomic mass is 10.1. The fourth-order valence-corrected chi connectivity index (χ4v) is 3.09. The van der Waals surface area contributed by atoms with E-state index in [0.717, 1.165) is 29.9 Å². The van der Waals surface area contributed by atoms with E-state index in [1.807, 2.05) is 30.3 Å². The molecule has 1 aromatic heterocycles. The second-order valence-electron chi connectivity index (χ2n) is 6.38. The second kappa shape index (κ2) is 8.01. The number of hydrogen-bond donors (Lipinski definition) is 3. The number of carbonyl (C=O) groups is 1. The Morgan fingerprint density at radius 3 is 2.62 bits per heavy atom. The lowest BCUT2D eigenvalue weighted by molar-refractivity contribution is 0.259. The van der Waals surface area contributed by atoms with Crippen molar-refractivity contribution in [2.24, 2.45) is 5.73 Å². The highest BCUT2D eigenvalue weighted by molar-refractivity contribution is 5.87. The normalized spacial score (nSPS) is 12.2. The minimum atomic E-state index is -0.557. The van der Waals surface area contributed by atoms with E-state index in [1.54, 1.807) is 0 Å². The van der Waals surface area contributed by atoms with Gasteiger partial charge in [-0.1, -0.05) is 31.2 Å². The number of benzene rings is 2. The van der Waals surface area contributed by atoms with E-state index in [2.05, 4.69) is 47.2 Å². The molecule has 2 amide bonds. The highest BCUT2D eigenvalue weighted by Crippen LogP contribution is 2.19. The van der Waals surface area contributed by atoms with Gasteiger partial charge in [-0.2, -0.15) is 0 Å². The van der Waals surface area contributed by atoms with Crippen molar-refractivity contribution in [2.45, 2.75) is 39.4 Å². The van der Waals surface area contributed by atoms with Gasteiger partial charge >= 0.3 is 6.03 Å². The summed E-state index contributed by atoms with van der Waals surface area (Å²) in [4.78, 5) is 15.7. The fourth-order valence-electron chi connectivity index (χ4n) is 3.09. The van der Waals surface area contributed by atoms with Crippen molar-refractivity contribution in [2.75, 3.05) is 5.32 Å². The Balaban J connectivity index is 1.71. The summed E-state index contributed by atoms with van der Waals surface area (Å²) in [6.07, 6.45) is 1.07. The molecule has 1 atom stereocenters. The number of fused-ring (bicyclic) bond motifs is 1. The van der Waals surface area contributed by atoms with Gasteiger partial charge < -0.3 is 20.9 Å². The molecule has 0 bridgehead atoms. The Hall–Kier alpha value is -2.86. The van der Waals surface area contributed by atoms with Crippen LogP contribution >= 0.6 is 0 Å². The minimum absolute atomic E-state index is 0.160. The van der Waals surface area contributed by atoms with Crippen molar-refractivity contribution in [1.29, 1.82) is 0 Å². The van der Waals surface area contributed by atoms with Crippen molar-refractivity contribution in [3.8, 4) is 0 Å². The van der Waals surface area contributed by atoms with Gasteiger partial charge in [-0.05, 0) is 43.2 Å². The molecule has 0 spiro atoms. The maximum atomic E-state index is 10.9. The van der Waals surface area contributed by atoms with Gasteiger partial charge in [-0.25, -0.2) is 9.78 Å². The van der Waals surface area contributed by atoms with Gasteiger partial charge in [0.25, 0.3) is 0 Å². The van der Waals surface area contributed by atoms with Crippen LogP contribution in [-0.4, -0.2) is 15.6 Å². The van der Waals surface area contributed by atoms with E-state index < -0.39 is 6.03 Å². The standard InChI is InChI=1S/C20H25N5O/c1-3-12-25-18-7-5-4-6-17(18)24-19(25)13-22-14(2)15-8-10-16(11-9-15)23-20(21)26/h4-11,14,22H,3,12-13H2,1-2H3,(H3,21,23,26). The first kappa shape index (κ1) is 17.9. The number of primary amides is 1. The number of amides is 2. The molecular formula is C20H25N5O. The zero-order chi connectivity index (χ0) is 18.5. The lowest BCUT2D eigenvalue weighted by Gasteiger charge is -2.15. The van der Waals surface area contributed by atoms with Crippen molar-refractivity contribution >= 4 is 22.8 Å². The molecule has 0 saturated carbocycles. The number of nitrogens with two attached hydrogens (primary N) is 1. The van der Waals surface area contributed by atoms with E-state index in [4.69, 9.17) is 10.7 Å². The van der Waals surface area contributed by atoms with Gasteiger partial charge in [0.1, 0.15) is 5.82 Å². The van der Waals surface area contributed by atoms with E-state index in [9.17, 15) is 4.79 Å². The molecule has 1 unspecified atom stereocenters. The zero-order valence-corrected chi connectivity index (χ0v) is 15.2. The van der Waals surface area contributed by atoms with Crippen LogP contribution in [0.1, 0.15) is 37.7 Å². The third kappa shape index (κ3) is 4.03. The predicted octanol–water partition coefficient (Wildman–Crippen LogP) is 3.79. The Labute approximate surface area is 153 Å². The van der Waals surface area contributed by atoms with Crippen LogP contribution < -0.4 is 16.4 Å². The maximum absolute atomic E-state index is 10.9. The summed E-state index contributed by atoms with van der Waals surface area (Å²) >= 11 is 0. The molecule has 0 saturated heterocycles. The number of anilines is 1. The maximum Gasteiger partial charge on any atom is 0.316 e. The number of carbonyl (C=O) groups excluding carboxylic acids is 1. The van der Waals surface area contributed by atoms with Crippen LogP contribution in [0.15, 0.2) is 48.5 Å². The average molecular weight is 351 g/mol. The molecule has 136 valence electrons. The quantitative estimate of drug-likeness (QED) is 0.605. The van der Waals surface area contributed by atoms with E-state index >= 15 is 0 Å². The molecule has 6 heteroatoms. The molecule has 3 rings (SSSR count). The second-order valence-corrected chi connectivity index (χ2v) is 6.38. The number of urea groups is 1. The summed E-state index contributed by atoms with van der Waals surface area (Å²) in [5.74, 6) is 1.05. The van der Waals surface area contributed by atoms with Gasteiger partial charge in [-0.15, -0.1) is 0 Å². The fraction of sp³-hybridized carbons (Fsp3) is 0.300. The molecular weight excluding hydrogens is 326 g/mol. The smallest absolute Gasteiger partial charge is 0.316 e. The summed E-state index contributed by atoms with van der Waals surface area (Å²) in [5, 5.41) is 6.11. The predicted molar refractivity (Wildman–Crippen MR) is 105 cm³/mol. The van der Waals surface area contributed by atoms with Crippen molar-refractivity contribution in [3.63, 3.8) is 0 Å². The van der Waals surface area contributed by atoms with Gasteiger partial charge in [-0.3, -0.25) is 0 Å². The van der Waals surface area contributed by atoms with Crippen molar-refractivity contribution in [1.82, 2.24) is 14.9 Å². The van der Waals surface area contributed by atoms with Crippen molar-refractivity contribution < 1.29 is 4.79 Å². The van der Waals surface area contributed by atoms with Gasteiger partial charge in [0.2, 0.25) is 0 Å². The highest BCUT2D eigenvalue weighted by Gasteiger charge is 2.12. The summed E-state index contributed by atoms with van der Waals surface area (Å²) in [5.41, 5.74) is 9.18. The molecule has 0 radical (unpaired) electrons. The summed E-state index contributed by atoms with van der Waals surface area (Å²) < 4.78 is 2.29. The highest BCUT2D eigenvalue weighted by atomic mass is 16.2. The van der Waals surface area contributed by atoms with Gasteiger partial charge in [0, 0.05) is 18.3 Å². The van der Waals surface area contributed by atoms with E-state index in [1.165, 1.54) is 5.52 Å². The number of rotatable bonds is 7. The molecule has 3 aromatic rings. The van der Waals surface area contributed by atoms with Crippen LogP contribution in [0.3, 0.4) is 0 Å². The molecule has 0 aliphatic rings. The average Bonchev–Trinajstić information content (AvgIpc) is 2.98. The molecule has 0 aliphatic heterocycles. The van der Waals surface area contributed by atoms with Crippen LogP contribution in [0.2, 0.25) is 0 Å². The summed E-state index contributed by atoms with van der Waals surface area (Å²) in [6.45, 7) is 5.94. The Morgan fingerprint density at radius 2 is 1.92 bits per heavy atom. The first-order valence-corrected chi connectivity index (χ1v) is 8.92. The monoisotopic (exact) mass is 351 g/mol. The Bertz CT molecular complexity index is 885. The van der Waals surface area contributed by atoms with Gasteiger partial charge in [0.05, 0.1) is 17.6 Å². The number of aromatic nitrogens is 2. The van der Waals surface area contributed by atoms with Gasteiger partial charge in [0.15, 0.2) is 0 Å². The largest absolute Gasteiger partial charge is 0.351 e. The van der Waals surface area contributed by atoms with Crippen LogP contribution in [0.25, 0.3) is 11.0 Å². The molecule has 4 N–H and O–H groups in total. The number of imidazole rings is 1. The molecule has 26 heavy (non-hydrogen) atoms. The molecule has 0 aliphatic carbocycles. The molecule has 1 heterocycles. The zero-order valence-electron chi connectivity index (χ0n) is 15.2. The summed E-state index contributed by atoms with van der Waals surface area (Å²) in [6, 6.07) is 15.5. The summed E-state index contributed by atoms with van der Waals surface area (Å²) in [7, 11) is 0. The first-order chi connectivity index (χ1) is 12.6. The number of nitrogens with one attached hydrogen (secondary N) is 2. The lowest BCUT2D eigenvalue weighted by Crippen LogP contribution is -2.21. The number of nitrogens with zero attached hydrogens (tertiary/aromatic N) is 2. The van der Waals surface area contributed by atoms with Crippen molar-refractivity contribution in [3.05, 3.63) is 59.9 Å². The third-order valence-electron chi connectivity index (χ3n) is 4.43. The first-order valence-electron chi connectivity index (χ1n) is 8.92. The van der Waals surface area contributed by atoms with Crippen LogP contribution in [0, 0.1) is 0 Å². The van der Waals surface area contributed by atoms with Crippen LogP contribution in [0.5, 0.6) is 0 Å². The minimum Gasteiger partial charge on any atom is -0.351 e. The Kier molecular flexibility index (Phi) is 5.53. The molecule has 0 fully saturated rings. The van der Waals surface area contributed by atoms with E-state index in [0.29, 0.717) is 12.2 Å². The Morgan fingerprint density at radius 1 is 1.19 bits per heavy atom. The molecule has 2 aromatic carbocycles. The number of aryl methyl sites for hydroxylation is 1. The number of hydrogen-bond acceptors (Lipinski definition) is 3. The molecule has 6 nitrogen and oxygen atoms in total. The van der Waals surface area contributed by atoms with E-state index in [-0.39, 0.29) is 6.04 Å². The third-order valence-corrected chi connectivity index (χ3v) is 4.43. The number of para-hydroxylation sites is 2. The van der Waals surface area contributed by atoms with Crippen LogP contribution in [0.4, 0.5) is 10.5 Å². The SMILES string of the molecule is CCCn1c(CNC(C)c2ccc(NC(N)=O)cc2)nc2ccccc21. The van der Waals surface area contributed by atoms with Crippen LogP contribution in [-0.2, 0) is 13.1 Å². The topological polar surface area (TPSA) is 85.0 Å².